The number of amides is 4. The Balaban J connectivity index is 1.36. The number of hydrogen-bond acceptors (Lipinski definition) is 7. The van der Waals surface area contributed by atoms with E-state index in [1.54, 1.807) is 0 Å². The van der Waals surface area contributed by atoms with Gasteiger partial charge in [-0.05, 0) is 37.5 Å². The Morgan fingerprint density at radius 2 is 1.80 bits per heavy atom. The van der Waals surface area contributed by atoms with Crippen molar-refractivity contribution in [3.63, 3.8) is 0 Å². The maximum absolute atomic E-state index is 13.3. The Bertz CT molecular complexity index is 1320. The molecule has 2 aromatic carbocycles. The van der Waals surface area contributed by atoms with Crippen LogP contribution in [0.3, 0.4) is 0 Å². The molecule has 2 aliphatic heterocycles. The lowest BCUT2D eigenvalue weighted by Gasteiger charge is -2.28. The lowest BCUT2D eigenvalue weighted by molar-refractivity contribution is -0.168. The van der Waals surface area contributed by atoms with E-state index in [0.29, 0.717) is 19.4 Å². The molecular weight excluding hydrogens is 575 g/mol. The van der Waals surface area contributed by atoms with Crippen LogP contribution in [0.25, 0.3) is 0 Å². The zero-order valence-electron chi connectivity index (χ0n) is 22.4. The number of halogens is 2. The molecule has 4 amide bonds. The third kappa shape index (κ3) is 7.55. The molecule has 11 nitrogen and oxygen atoms in total. The van der Waals surface area contributed by atoms with E-state index in [2.05, 4.69) is 16.0 Å². The third-order valence-electron chi connectivity index (χ3n) is 6.71. The highest BCUT2D eigenvalue weighted by atomic mass is 35.5. The number of ether oxygens (including phenoxy) is 2. The molecule has 0 spiro atoms. The first-order chi connectivity index (χ1) is 19.5. The number of likely N-dealkylation sites (tertiary alicyclic amines) is 1. The summed E-state index contributed by atoms with van der Waals surface area (Å²) in [5.74, 6) is -2.35. The third-order valence-corrected chi connectivity index (χ3v) is 7.31. The summed E-state index contributed by atoms with van der Waals surface area (Å²) in [6.07, 6.45) is 0.00927. The maximum atomic E-state index is 13.3. The van der Waals surface area contributed by atoms with Crippen LogP contribution < -0.4 is 16.0 Å². The van der Waals surface area contributed by atoms with Crippen molar-refractivity contribution in [3.8, 4) is 0 Å². The van der Waals surface area contributed by atoms with Gasteiger partial charge >= 0.3 is 5.97 Å². The average Bonchev–Trinajstić information content (AvgIpc) is 3.55. The van der Waals surface area contributed by atoms with Gasteiger partial charge in [0.05, 0.1) is 28.8 Å². The highest BCUT2D eigenvalue weighted by Crippen LogP contribution is 2.32. The van der Waals surface area contributed by atoms with Crippen LogP contribution in [0.15, 0.2) is 42.5 Å². The van der Waals surface area contributed by atoms with Crippen molar-refractivity contribution in [2.24, 2.45) is 0 Å². The largest absolute Gasteiger partial charge is 0.433 e. The van der Waals surface area contributed by atoms with E-state index in [0.717, 1.165) is 5.56 Å². The molecule has 2 aromatic rings. The number of hydrogen-bond donors (Lipinski definition) is 3. The van der Waals surface area contributed by atoms with E-state index in [-0.39, 0.29) is 40.2 Å². The minimum Gasteiger partial charge on any atom is -0.433 e. The van der Waals surface area contributed by atoms with Crippen molar-refractivity contribution >= 4 is 58.5 Å². The van der Waals surface area contributed by atoms with Crippen LogP contribution in [0.4, 0.5) is 5.69 Å². The summed E-state index contributed by atoms with van der Waals surface area (Å²) in [7, 11) is 0. The molecule has 2 heterocycles. The van der Waals surface area contributed by atoms with Gasteiger partial charge in [0.2, 0.25) is 24.0 Å². The lowest BCUT2D eigenvalue weighted by atomic mass is 10.1. The van der Waals surface area contributed by atoms with Crippen molar-refractivity contribution < 1.29 is 33.4 Å². The standard InChI is InChI=1S/C28H30Cl2N4O7/c1-15(31-25(37)18-11-19(29)24(20(30)12-18)32-16(2)35)27(39)34-10-6-9-22(34)26(38)33-21-13-23(36)41-28(21)40-14-17-7-4-3-5-8-17/h3-5,7-8,11-12,15,21-22,28H,6,9-10,13-14H2,1-2H3,(H,31,37)(H,32,35)(H,33,38)/t15-,21-,22-,28+/m0/s1. The molecule has 13 heteroatoms. The number of carbonyl (C=O) groups excluding carboxylic acids is 5. The molecule has 2 fully saturated rings. The van der Waals surface area contributed by atoms with Crippen molar-refractivity contribution in [2.75, 3.05) is 11.9 Å². The summed E-state index contributed by atoms with van der Waals surface area (Å²) in [4.78, 5) is 64.1. The highest BCUT2D eigenvalue weighted by molar-refractivity contribution is 6.40. The molecule has 0 aliphatic carbocycles. The lowest BCUT2D eigenvalue weighted by Crippen LogP contribution is -2.54. The quantitative estimate of drug-likeness (QED) is 0.373. The Morgan fingerprint density at radius 1 is 1.12 bits per heavy atom. The summed E-state index contributed by atoms with van der Waals surface area (Å²) in [5.41, 5.74) is 1.16. The molecule has 218 valence electrons. The smallest absolute Gasteiger partial charge is 0.310 e. The molecule has 2 aliphatic rings. The predicted octanol–water partition coefficient (Wildman–Crippen LogP) is 3.04. The van der Waals surface area contributed by atoms with Gasteiger partial charge in [-0.3, -0.25) is 24.0 Å². The predicted molar refractivity (Wildman–Crippen MR) is 150 cm³/mol. The van der Waals surface area contributed by atoms with Crippen molar-refractivity contribution in [1.82, 2.24) is 15.5 Å². The van der Waals surface area contributed by atoms with Gasteiger partial charge in [-0.1, -0.05) is 53.5 Å². The maximum Gasteiger partial charge on any atom is 0.310 e. The van der Waals surface area contributed by atoms with Crippen LogP contribution in [0.5, 0.6) is 0 Å². The van der Waals surface area contributed by atoms with Crippen molar-refractivity contribution in [2.45, 2.75) is 64.1 Å². The van der Waals surface area contributed by atoms with Gasteiger partial charge in [-0.15, -0.1) is 0 Å². The number of benzene rings is 2. The molecular formula is C28H30Cl2N4O7. The van der Waals surface area contributed by atoms with Gasteiger partial charge < -0.3 is 30.3 Å². The molecule has 4 rings (SSSR count). The minimum atomic E-state index is -0.971. The van der Waals surface area contributed by atoms with Crippen LogP contribution >= 0.6 is 23.2 Å². The number of rotatable bonds is 9. The summed E-state index contributed by atoms with van der Waals surface area (Å²) in [5, 5.41) is 8.05. The summed E-state index contributed by atoms with van der Waals surface area (Å²) in [6, 6.07) is 9.55. The Morgan fingerprint density at radius 3 is 2.46 bits per heavy atom. The van der Waals surface area contributed by atoms with Crippen molar-refractivity contribution in [3.05, 3.63) is 63.6 Å². The van der Waals surface area contributed by atoms with Gasteiger partial charge in [0, 0.05) is 19.0 Å². The van der Waals surface area contributed by atoms with E-state index in [9.17, 15) is 24.0 Å². The Hall–Kier alpha value is -3.67. The van der Waals surface area contributed by atoms with E-state index in [1.807, 2.05) is 30.3 Å². The number of anilines is 1. The fourth-order valence-electron chi connectivity index (χ4n) is 4.73. The normalized spacial score (nSPS) is 20.7. The highest BCUT2D eigenvalue weighted by Gasteiger charge is 2.41. The fourth-order valence-corrected chi connectivity index (χ4v) is 5.31. The zero-order chi connectivity index (χ0) is 29.7. The van der Waals surface area contributed by atoms with Crippen LogP contribution in [-0.4, -0.2) is 65.5 Å². The molecule has 0 unspecified atom stereocenters. The summed E-state index contributed by atoms with van der Waals surface area (Å²) < 4.78 is 11.0. The minimum absolute atomic E-state index is 0.0514. The van der Waals surface area contributed by atoms with E-state index in [1.165, 1.54) is 30.9 Å². The number of nitrogens with one attached hydrogen (secondary N) is 3. The van der Waals surface area contributed by atoms with Crippen LogP contribution in [0.1, 0.15) is 49.0 Å². The first-order valence-electron chi connectivity index (χ1n) is 13.1. The summed E-state index contributed by atoms with van der Waals surface area (Å²) >= 11 is 12.4. The number of carbonyl (C=O) groups is 5. The van der Waals surface area contributed by atoms with Gasteiger partial charge in [-0.25, -0.2) is 0 Å². The molecule has 2 saturated heterocycles. The number of nitrogens with zero attached hydrogens (tertiary/aromatic N) is 1. The molecule has 0 bridgehead atoms. The molecule has 4 atom stereocenters. The van der Waals surface area contributed by atoms with Gasteiger partial charge in [0.15, 0.2) is 0 Å². The summed E-state index contributed by atoms with van der Waals surface area (Å²) in [6.45, 7) is 3.34. The second kappa shape index (κ2) is 13.3. The topological polar surface area (TPSA) is 143 Å². The van der Waals surface area contributed by atoms with Crippen LogP contribution in [0.2, 0.25) is 10.0 Å². The van der Waals surface area contributed by atoms with E-state index < -0.39 is 48.1 Å². The van der Waals surface area contributed by atoms with Gasteiger partial charge in [-0.2, -0.15) is 0 Å². The fraction of sp³-hybridized carbons (Fsp3) is 0.393. The van der Waals surface area contributed by atoms with E-state index in [4.69, 9.17) is 32.7 Å². The number of esters is 1. The molecule has 41 heavy (non-hydrogen) atoms. The van der Waals surface area contributed by atoms with Crippen LogP contribution in [-0.2, 0) is 35.3 Å². The Labute approximate surface area is 246 Å². The SMILES string of the molecule is CC(=O)Nc1c(Cl)cc(C(=O)N[C@@H](C)C(=O)N2CCC[C@H]2C(=O)N[C@H]2CC(=O)O[C@H]2OCc2ccccc2)cc1Cl. The molecule has 0 saturated carbocycles. The first-order valence-corrected chi connectivity index (χ1v) is 13.8. The second-order valence-electron chi connectivity index (χ2n) is 9.85. The molecule has 3 N–H and O–H groups in total. The Kier molecular flexibility index (Phi) is 9.85. The van der Waals surface area contributed by atoms with Crippen molar-refractivity contribution in [1.29, 1.82) is 0 Å². The van der Waals surface area contributed by atoms with E-state index >= 15 is 0 Å². The van der Waals surface area contributed by atoms with Gasteiger partial charge in [0.25, 0.3) is 5.91 Å². The van der Waals surface area contributed by atoms with Crippen LogP contribution in [0, 0.1) is 0 Å². The monoisotopic (exact) mass is 604 g/mol. The zero-order valence-corrected chi connectivity index (χ0v) is 24.0. The first kappa shape index (κ1) is 30.3. The second-order valence-corrected chi connectivity index (χ2v) is 10.7. The number of cyclic esters (lactones) is 1. The molecule has 0 radical (unpaired) electrons. The van der Waals surface area contributed by atoms with Gasteiger partial charge in [0.1, 0.15) is 18.1 Å². The average molecular weight is 605 g/mol. The molecule has 0 aromatic heterocycles.